The van der Waals surface area contributed by atoms with Gasteiger partial charge >= 0.3 is 6.03 Å². The topological polar surface area (TPSA) is 70.7 Å². The third-order valence-electron chi connectivity index (χ3n) is 3.56. The molecule has 126 valence electrons. The normalized spacial score (nSPS) is 17.6. The van der Waals surface area contributed by atoms with E-state index in [0.717, 1.165) is 5.69 Å². The lowest BCUT2D eigenvalue weighted by Crippen LogP contribution is -2.46. The van der Waals surface area contributed by atoms with Gasteiger partial charge in [-0.3, -0.25) is 4.79 Å². The Kier molecular flexibility index (Phi) is 6.40. The molecule has 6 heteroatoms. The van der Waals surface area contributed by atoms with E-state index in [0.29, 0.717) is 38.6 Å². The molecule has 0 spiro atoms. The summed E-state index contributed by atoms with van der Waals surface area (Å²) in [6.45, 7) is 6.35. The van der Waals surface area contributed by atoms with Gasteiger partial charge in [0, 0.05) is 25.4 Å². The molecule has 1 aromatic carbocycles. The minimum atomic E-state index is -0.466. The first-order valence-electron chi connectivity index (χ1n) is 8.06. The number of para-hydroxylation sites is 1. The van der Waals surface area contributed by atoms with Crippen molar-refractivity contribution in [1.29, 1.82) is 0 Å². The average Bonchev–Trinajstić information content (AvgIpc) is 2.88. The molecule has 2 N–H and O–H groups in total. The van der Waals surface area contributed by atoms with Gasteiger partial charge in [0.1, 0.15) is 6.04 Å². The van der Waals surface area contributed by atoms with Crippen LogP contribution >= 0.6 is 0 Å². The summed E-state index contributed by atoms with van der Waals surface area (Å²) in [5.41, 5.74) is 0.865. The smallest absolute Gasteiger partial charge is 0.315 e. The highest BCUT2D eigenvalue weighted by Crippen LogP contribution is 2.20. The van der Waals surface area contributed by atoms with Crippen LogP contribution in [0, 0.1) is 5.92 Å². The van der Waals surface area contributed by atoms with E-state index in [2.05, 4.69) is 24.5 Å². The van der Waals surface area contributed by atoms with Gasteiger partial charge in [-0.2, -0.15) is 0 Å². The number of hydrogen-bond donors (Lipinski definition) is 2. The lowest BCUT2D eigenvalue weighted by molar-refractivity contribution is -0.118. The molecule has 23 heavy (non-hydrogen) atoms. The minimum absolute atomic E-state index is 0.0672. The number of nitrogens with zero attached hydrogens (tertiary/aromatic N) is 1. The molecule has 1 aliphatic rings. The monoisotopic (exact) mass is 319 g/mol. The fourth-order valence-corrected chi connectivity index (χ4v) is 2.44. The molecule has 6 nitrogen and oxygen atoms in total. The number of benzene rings is 1. The van der Waals surface area contributed by atoms with Crippen LogP contribution in [0.3, 0.4) is 0 Å². The third kappa shape index (κ3) is 5.25. The number of hydrogen-bond acceptors (Lipinski definition) is 3. The number of ether oxygens (including phenoxy) is 1. The summed E-state index contributed by atoms with van der Waals surface area (Å²) >= 11 is 0. The van der Waals surface area contributed by atoms with Crippen molar-refractivity contribution in [3.8, 4) is 0 Å². The van der Waals surface area contributed by atoms with Gasteiger partial charge < -0.3 is 20.3 Å². The van der Waals surface area contributed by atoms with Gasteiger partial charge in [0.05, 0.1) is 6.61 Å². The number of urea groups is 1. The Morgan fingerprint density at radius 2 is 2.09 bits per heavy atom. The number of carbonyl (C=O) groups is 2. The maximum absolute atomic E-state index is 12.4. The second-order valence-corrected chi connectivity index (χ2v) is 6.04. The molecule has 1 atom stereocenters. The maximum atomic E-state index is 12.4. The van der Waals surface area contributed by atoms with Crippen LogP contribution in [0.25, 0.3) is 0 Å². The van der Waals surface area contributed by atoms with Gasteiger partial charge in [0.2, 0.25) is 5.91 Å². The SMILES string of the molecule is CC(C)COCCNC(=O)N[C@@H]1CCN(c2ccccc2)C1=O. The van der Waals surface area contributed by atoms with Gasteiger partial charge in [-0.15, -0.1) is 0 Å². The van der Waals surface area contributed by atoms with Gasteiger partial charge in [0.15, 0.2) is 0 Å². The molecule has 0 radical (unpaired) electrons. The summed E-state index contributed by atoms with van der Waals surface area (Å²) in [5.74, 6) is 0.409. The van der Waals surface area contributed by atoms with Crippen LogP contribution in [-0.4, -0.2) is 44.3 Å². The van der Waals surface area contributed by atoms with Crippen LogP contribution in [0.5, 0.6) is 0 Å². The van der Waals surface area contributed by atoms with Crippen LogP contribution in [0.4, 0.5) is 10.5 Å². The van der Waals surface area contributed by atoms with Crippen molar-refractivity contribution in [3.05, 3.63) is 30.3 Å². The highest BCUT2D eigenvalue weighted by atomic mass is 16.5. The van der Waals surface area contributed by atoms with E-state index < -0.39 is 6.04 Å². The van der Waals surface area contributed by atoms with Crippen LogP contribution < -0.4 is 15.5 Å². The second-order valence-electron chi connectivity index (χ2n) is 6.04. The van der Waals surface area contributed by atoms with Gasteiger partial charge in [-0.25, -0.2) is 4.79 Å². The van der Waals surface area contributed by atoms with Crippen LogP contribution in [0.2, 0.25) is 0 Å². The van der Waals surface area contributed by atoms with Crippen molar-refractivity contribution in [3.63, 3.8) is 0 Å². The lowest BCUT2D eigenvalue weighted by atomic mass is 10.2. The fraction of sp³-hybridized carbons (Fsp3) is 0.529. The molecule has 1 saturated heterocycles. The zero-order valence-corrected chi connectivity index (χ0v) is 13.7. The van der Waals surface area contributed by atoms with E-state index in [1.165, 1.54) is 0 Å². The Labute approximate surface area is 137 Å². The van der Waals surface area contributed by atoms with E-state index in [1.54, 1.807) is 4.90 Å². The Morgan fingerprint density at radius 1 is 1.35 bits per heavy atom. The number of amides is 3. The number of nitrogens with one attached hydrogen (secondary N) is 2. The summed E-state index contributed by atoms with van der Waals surface area (Å²) < 4.78 is 5.39. The third-order valence-corrected chi connectivity index (χ3v) is 3.56. The van der Waals surface area contributed by atoms with Crippen LogP contribution in [0.1, 0.15) is 20.3 Å². The summed E-state index contributed by atoms with van der Waals surface area (Å²) in [6, 6.07) is 8.70. The highest BCUT2D eigenvalue weighted by Gasteiger charge is 2.33. The van der Waals surface area contributed by atoms with Crippen molar-refractivity contribution < 1.29 is 14.3 Å². The van der Waals surface area contributed by atoms with E-state index in [-0.39, 0.29) is 11.9 Å². The zero-order chi connectivity index (χ0) is 16.7. The molecule has 0 aliphatic carbocycles. The van der Waals surface area contributed by atoms with E-state index in [9.17, 15) is 9.59 Å². The molecule has 0 aromatic heterocycles. The summed E-state index contributed by atoms with van der Waals surface area (Å²) in [7, 11) is 0. The predicted octanol–water partition coefficient (Wildman–Crippen LogP) is 1.76. The molecule has 1 heterocycles. The van der Waals surface area contributed by atoms with E-state index in [4.69, 9.17) is 4.74 Å². The highest BCUT2D eigenvalue weighted by molar-refractivity contribution is 6.01. The molecular weight excluding hydrogens is 294 g/mol. The number of carbonyl (C=O) groups excluding carboxylic acids is 2. The predicted molar refractivity (Wildman–Crippen MR) is 89.4 cm³/mol. The second kappa shape index (κ2) is 8.53. The molecule has 0 saturated carbocycles. The Hall–Kier alpha value is -2.08. The van der Waals surface area contributed by atoms with Gasteiger partial charge in [-0.1, -0.05) is 32.0 Å². The molecular formula is C17H25N3O3. The summed E-state index contributed by atoms with van der Waals surface area (Å²) in [6.07, 6.45) is 0.616. The maximum Gasteiger partial charge on any atom is 0.315 e. The summed E-state index contributed by atoms with van der Waals surface area (Å²) in [4.78, 5) is 25.9. The quantitative estimate of drug-likeness (QED) is 0.752. The Balaban J connectivity index is 1.72. The first-order chi connectivity index (χ1) is 11.1. The zero-order valence-electron chi connectivity index (χ0n) is 13.7. The van der Waals surface area contributed by atoms with Crippen LogP contribution in [-0.2, 0) is 9.53 Å². The standard InChI is InChI=1S/C17H25N3O3/c1-13(2)12-23-11-9-18-17(22)19-15-8-10-20(16(15)21)14-6-4-3-5-7-14/h3-7,13,15H,8-12H2,1-2H3,(H2,18,19,22)/t15-/m1/s1. The molecule has 1 aliphatic heterocycles. The van der Waals surface area contributed by atoms with Crippen molar-refractivity contribution in [2.24, 2.45) is 5.92 Å². The lowest BCUT2D eigenvalue weighted by Gasteiger charge is -2.17. The van der Waals surface area contributed by atoms with E-state index in [1.807, 2.05) is 30.3 Å². The van der Waals surface area contributed by atoms with E-state index >= 15 is 0 Å². The number of anilines is 1. The first-order valence-corrected chi connectivity index (χ1v) is 8.06. The van der Waals surface area contributed by atoms with Crippen molar-refractivity contribution >= 4 is 17.6 Å². The van der Waals surface area contributed by atoms with Crippen molar-refractivity contribution in [2.45, 2.75) is 26.3 Å². The first kappa shape index (κ1) is 17.3. The molecule has 0 bridgehead atoms. The Bertz CT molecular complexity index is 519. The van der Waals surface area contributed by atoms with Gasteiger partial charge in [-0.05, 0) is 24.5 Å². The van der Waals surface area contributed by atoms with Crippen molar-refractivity contribution in [2.75, 3.05) is 31.2 Å². The number of rotatable bonds is 7. The largest absolute Gasteiger partial charge is 0.379 e. The Morgan fingerprint density at radius 3 is 2.78 bits per heavy atom. The molecule has 1 fully saturated rings. The fourth-order valence-electron chi connectivity index (χ4n) is 2.44. The molecule has 2 rings (SSSR count). The van der Waals surface area contributed by atoms with Crippen LogP contribution in [0.15, 0.2) is 30.3 Å². The average molecular weight is 319 g/mol. The molecule has 0 unspecified atom stereocenters. The molecule has 1 aromatic rings. The minimum Gasteiger partial charge on any atom is -0.379 e. The molecule has 3 amide bonds. The van der Waals surface area contributed by atoms with Gasteiger partial charge in [0.25, 0.3) is 0 Å². The summed E-state index contributed by atoms with van der Waals surface area (Å²) in [5, 5.41) is 5.44. The van der Waals surface area contributed by atoms with Crippen molar-refractivity contribution in [1.82, 2.24) is 10.6 Å².